The quantitative estimate of drug-likeness (QED) is 0.913. The average Bonchev–Trinajstić information content (AvgIpc) is 2.63. The van der Waals surface area contributed by atoms with Crippen LogP contribution in [0.25, 0.3) is 11.2 Å². The maximum Gasteiger partial charge on any atom is 0.160 e. The number of aryl methyl sites for hydroxylation is 1. The summed E-state index contributed by atoms with van der Waals surface area (Å²) in [5, 5.41) is 8.91. The van der Waals surface area contributed by atoms with Gasteiger partial charge in [-0.3, -0.25) is 0 Å². The largest absolute Gasteiger partial charge is 0.396 e. The molecule has 0 saturated carbocycles. The molecule has 2 aromatic heterocycles. The Bertz CT molecular complexity index is 513. The molecule has 5 nitrogen and oxygen atoms in total. The SMILES string of the molecule is COCc1nc2cc(Br)cnc2n1CCCO. The van der Waals surface area contributed by atoms with Crippen molar-refractivity contribution < 1.29 is 9.84 Å². The van der Waals surface area contributed by atoms with Gasteiger partial charge in [0.2, 0.25) is 0 Å². The molecule has 2 rings (SSSR count). The van der Waals surface area contributed by atoms with Crippen LogP contribution in [0.1, 0.15) is 12.2 Å². The van der Waals surface area contributed by atoms with Gasteiger partial charge in [-0.2, -0.15) is 0 Å². The number of nitrogens with zero attached hydrogens (tertiary/aromatic N) is 3. The molecule has 0 bridgehead atoms. The molecule has 0 fully saturated rings. The lowest BCUT2D eigenvalue weighted by Gasteiger charge is -2.06. The molecule has 0 spiro atoms. The monoisotopic (exact) mass is 299 g/mol. The molecule has 0 radical (unpaired) electrons. The average molecular weight is 300 g/mol. The molecule has 0 unspecified atom stereocenters. The number of aliphatic hydroxyl groups is 1. The van der Waals surface area contributed by atoms with Crippen LogP contribution in [0.5, 0.6) is 0 Å². The van der Waals surface area contributed by atoms with Crippen LogP contribution in [0.4, 0.5) is 0 Å². The van der Waals surface area contributed by atoms with Gasteiger partial charge in [-0.1, -0.05) is 0 Å². The van der Waals surface area contributed by atoms with E-state index in [0.29, 0.717) is 19.6 Å². The standard InChI is InChI=1S/C11H14BrN3O2/c1-17-7-10-14-9-5-8(12)6-13-11(9)15(10)3-2-4-16/h5-6,16H,2-4,7H2,1H3. The van der Waals surface area contributed by atoms with E-state index in [0.717, 1.165) is 21.5 Å². The second kappa shape index (κ2) is 5.57. The zero-order valence-electron chi connectivity index (χ0n) is 9.56. The number of aliphatic hydroxyl groups excluding tert-OH is 1. The Hall–Kier alpha value is -0.980. The highest BCUT2D eigenvalue weighted by atomic mass is 79.9. The minimum atomic E-state index is 0.155. The summed E-state index contributed by atoms with van der Waals surface area (Å²) in [5.41, 5.74) is 1.66. The van der Waals surface area contributed by atoms with Crippen molar-refractivity contribution in [1.82, 2.24) is 14.5 Å². The van der Waals surface area contributed by atoms with Gasteiger partial charge >= 0.3 is 0 Å². The molecule has 1 N–H and O–H groups in total. The summed E-state index contributed by atoms with van der Waals surface area (Å²) in [6, 6.07) is 1.93. The third kappa shape index (κ3) is 2.65. The van der Waals surface area contributed by atoms with E-state index in [1.165, 1.54) is 0 Å². The van der Waals surface area contributed by atoms with Gasteiger partial charge in [0.05, 0.1) is 0 Å². The minimum Gasteiger partial charge on any atom is -0.396 e. The Morgan fingerprint density at radius 2 is 2.35 bits per heavy atom. The van der Waals surface area contributed by atoms with Gasteiger partial charge in [0.15, 0.2) is 5.65 Å². The Labute approximate surface area is 108 Å². The maximum atomic E-state index is 8.91. The predicted octanol–water partition coefficient (Wildman–Crippen LogP) is 1.72. The van der Waals surface area contributed by atoms with Gasteiger partial charge in [0.1, 0.15) is 17.9 Å². The van der Waals surface area contributed by atoms with E-state index in [1.54, 1.807) is 13.3 Å². The summed E-state index contributed by atoms with van der Waals surface area (Å²) in [6.45, 7) is 1.29. The number of imidazole rings is 1. The fourth-order valence-corrected chi connectivity index (χ4v) is 2.06. The molecule has 0 amide bonds. The summed E-state index contributed by atoms with van der Waals surface area (Å²) in [5.74, 6) is 0.835. The number of methoxy groups -OCH3 is 1. The fraction of sp³-hybridized carbons (Fsp3) is 0.455. The number of ether oxygens (including phenoxy) is 1. The molecule has 2 aromatic rings. The molecule has 0 aliphatic rings. The summed E-state index contributed by atoms with van der Waals surface area (Å²) < 4.78 is 8.01. The van der Waals surface area contributed by atoms with E-state index in [1.807, 2.05) is 10.6 Å². The zero-order chi connectivity index (χ0) is 12.3. The number of hydrogen-bond acceptors (Lipinski definition) is 4. The summed E-state index contributed by atoms with van der Waals surface area (Å²) >= 11 is 3.37. The van der Waals surface area contributed by atoms with Crippen LogP contribution in [-0.4, -0.2) is 33.4 Å². The smallest absolute Gasteiger partial charge is 0.160 e. The van der Waals surface area contributed by atoms with Crippen LogP contribution < -0.4 is 0 Å². The van der Waals surface area contributed by atoms with Crippen molar-refractivity contribution in [3.05, 3.63) is 22.6 Å². The Morgan fingerprint density at radius 3 is 3.06 bits per heavy atom. The van der Waals surface area contributed by atoms with Crippen LogP contribution in [0, 0.1) is 0 Å². The van der Waals surface area contributed by atoms with Crippen LogP contribution in [0.2, 0.25) is 0 Å². The lowest BCUT2D eigenvalue weighted by Crippen LogP contribution is -2.07. The first kappa shape index (κ1) is 12.5. The minimum absolute atomic E-state index is 0.155. The first-order valence-electron chi connectivity index (χ1n) is 5.36. The van der Waals surface area contributed by atoms with Crippen molar-refractivity contribution in [1.29, 1.82) is 0 Å². The van der Waals surface area contributed by atoms with Crippen molar-refractivity contribution in [3.63, 3.8) is 0 Å². The molecule has 0 aliphatic heterocycles. The molecule has 0 aromatic carbocycles. The zero-order valence-corrected chi connectivity index (χ0v) is 11.1. The van der Waals surface area contributed by atoms with E-state index in [-0.39, 0.29) is 6.61 Å². The van der Waals surface area contributed by atoms with E-state index < -0.39 is 0 Å². The van der Waals surface area contributed by atoms with Gasteiger partial charge < -0.3 is 14.4 Å². The number of rotatable bonds is 5. The topological polar surface area (TPSA) is 60.2 Å². The lowest BCUT2D eigenvalue weighted by molar-refractivity contribution is 0.173. The van der Waals surface area contributed by atoms with E-state index in [4.69, 9.17) is 9.84 Å². The van der Waals surface area contributed by atoms with E-state index in [2.05, 4.69) is 25.9 Å². The maximum absolute atomic E-state index is 8.91. The summed E-state index contributed by atoms with van der Waals surface area (Å²) in [4.78, 5) is 8.83. The van der Waals surface area contributed by atoms with Gasteiger partial charge in [0.25, 0.3) is 0 Å². The second-order valence-corrected chi connectivity index (χ2v) is 4.60. The first-order valence-corrected chi connectivity index (χ1v) is 6.16. The molecular weight excluding hydrogens is 286 g/mol. The first-order chi connectivity index (χ1) is 8.26. The second-order valence-electron chi connectivity index (χ2n) is 3.69. The summed E-state index contributed by atoms with van der Waals surface area (Å²) in [6.07, 6.45) is 2.43. The van der Waals surface area contributed by atoms with Gasteiger partial charge in [0, 0.05) is 30.9 Å². The molecule has 0 saturated heterocycles. The number of fused-ring (bicyclic) bond motifs is 1. The third-order valence-corrected chi connectivity index (χ3v) is 2.88. The number of hydrogen-bond donors (Lipinski definition) is 1. The van der Waals surface area contributed by atoms with E-state index in [9.17, 15) is 0 Å². The third-order valence-electron chi connectivity index (χ3n) is 2.44. The molecule has 92 valence electrons. The number of pyridine rings is 1. The Balaban J connectivity index is 2.46. The van der Waals surface area contributed by atoms with Gasteiger partial charge in [-0.15, -0.1) is 0 Å². The highest BCUT2D eigenvalue weighted by Crippen LogP contribution is 2.19. The van der Waals surface area contributed by atoms with Gasteiger partial charge in [-0.25, -0.2) is 9.97 Å². The Kier molecular flexibility index (Phi) is 4.09. The van der Waals surface area contributed by atoms with Crippen molar-refractivity contribution in [2.75, 3.05) is 13.7 Å². The molecule has 0 atom stereocenters. The molecular formula is C11H14BrN3O2. The predicted molar refractivity (Wildman–Crippen MR) is 67.6 cm³/mol. The number of aromatic nitrogens is 3. The van der Waals surface area contributed by atoms with Crippen molar-refractivity contribution in [3.8, 4) is 0 Å². The van der Waals surface area contributed by atoms with Crippen LogP contribution >= 0.6 is 15.9 Å². The van der Waals surface area contributed by atoms with Crippen molar-refractivity contribution in [2.24, 2.45) is 0 Å². The van der Waals surface area contributed by atoms with E-state index >= 15 is 0 Å². The number of halogens is 1. The van der Waals surface area contributed by atoms with Crippen LogP contribution in [0.3, 0.4) is 0 Å². The lowest BCUT2D eigenvalue weighted by atomic mass is 10.4. The molecule has 6 heteroatoms. The normalized spacial score (nSPS) is 11.2. The molecule has 17 heavy (non-hydrogen) atoms. The fourth-order valence-electron chi connectivity index (χ4n) is 1.74. The van der Waals surface area contributed by atoms with Gasteiger partial charge in [-0.05, 0) is 28.4 Å². The highest BCUT2D eigenvalue weighted by molar-refractivity contribution is 9.10. The Morgan fingerprint density at radius 1 is 1.53 bits per heavy atom. The summed E-state index contributed by atoms with van der Waals surface area (Å²) in [7, 11) is 1.64. The van der Waals surface area contributed by atoms with Crippen molar-refractivity contribution >= 4 is 27.1 Å². The van der Waals surface area contributed by atoms with Crippen LogP contribution in [-0.2, 0) is 17.9 Å². The highest BCUT2D eigenvalue weighted by Gasteiger charge is 2.11. The molecule has 2 heterocycles. The molecule has 0 aliphatic carbocycles. The van der Waals surface area contributed by atoms with Crippen LogP contribution in [0.15, 0.2) is 16.7 Å². The van der Waals surface area contributed by atoms with Crippen molar-refractivity contribution in [2.45, 2.75) is 19.6 Å².